The summed E-state index contributed by atoms with van der Waals surface area (Å²) in [6.07, 6.45) is 7.15. The molecule has 4 rings (SSSR count). The Hall–Kier alpha value is -3.18. The smallest absolute Gasteiger partial charge is 0.0607 e. The fourth-order valence-electron chi connectivity index (χ4n) is 2.76. The van der Waals surface area contributed by atoms with Gasteiger partial charge in [-0.1, -0.05) is 0 Å². The van der Waals surface area contributed by atoms with Crippen LogP contribution < -0.4 is 10.6 Å². The topological polar surface area (TPSA) is 75.6 Å². The molecule has 4 aromatic heterocycles. The molecule has 0 aromatic carbocycles. The Morgan fingerprint density at radius 3 is 0.871 bits per heavy atom. The molecule has 0 aliphatic rings. The molecule has 0 radical (unpaired) electrons. The molecule has 0 atom stereocenters. The van der Waals surface area contributed by atoms with Crippen LogP contribution in [0.4, 0.5) is 22.7 Å². The first kappa shape index (κ1) is 24.1. The summed E-state index contributed by atoms with van der Waals surface area (Å²) in [5.74, 6) is 0. The Balaban J connectivity index is 0.000000213. The number of nitrogens with zero attached hydrogens (tertiary/aromatic N) is 4. The molecule has 0 aliphatic heterocycles. The molecular formula is C24H26N6Zn. The minimum absolute atomic E-state index is 0. The minimum Gasteiger partial charge on any atom is -0.353 e. The summed E-state index contributed by atoms with van der Waals surface area (Å²) in [6, 6.07) is 15.7. The summed E-state index contributed by atoms with van der Waals surface area (Å²) in [6.45, 7) is 7.92. The van der Waals surface area contributed by atoms with Gasteiger partial charge in [-0.3, -0.25) is 19.9 Å². The molecule has 0 aliphatic carbocycles. The molecule has 7 heteroatoms. The van der Waals surface area contributed by atoms with Crippen molar-refractivity contribution < 1.29 is 19.5 Å². The third-order valence-corrected chi connectivity index (χ3v) is 4.57. The monoisotopic (exact) mass is 462 g/mol. The van der Waals surface area contributed by atoms with Crippen LogP contribution in [0.25, 0.3) is 0 Å². The number of rotatable bonds is 4. The molecule has 0 saturated carbocycles. The Bertz CT molecular complexity index is 940. The van der Waals surface area contributed by atoms with Gasteiger partial charge in [0.05, 0.1) is 45.5 Å². The molecule has 0 unspecified atom stereocenters. The third-order valence-electron chi connectivity index (χ3n) is 4.57. The first-order valence-electron chi connectivity index (χ1n) is 9.75. The number of aryl methyl sites for hydroxylation is 4. The van der Waals surface area contributed by atoms with Gasteiger partial charge in [0, 0.05) is 44.3 Å². The Morgan fingerprint density at radius 2 is 0.677 bits per heavy atom. The van der Waals surface area contributed by atoms with Crippen LogP contribution in [0.5, 0.6) is 0 Å². The number of hydrogen-bond acceptors (Lipinski definition) is 6. The van der Waals surface area contributed by atoms with Crippen molar-refractivity contribution in [3.05, 3.63) is 96.1 Å². The largest absolute Gasteiger partial charge is 0.353 e. The predicted molar refractivity (Wildman–Crippen MR) is 122 cm³/mol. The minimum atomic E-state index is 0. The van der Waals surface area contributed by atoms with Crippen molar-refractivity contribution in [3.8, 4) is 0 Å². The summed E-state index contributed by atoms with van der Waals surface area (Å²) >= 11 is 0. The fraction of sp³-hybridized carbons (Fsp3) is 0.167. The van der Waals surface area contributed by atoms with E-state index in [1.165, 1.54) is 0 Å². The van der Waals surface area contributed by atoms with Gasteiger partial charge in [-0.25, -0.2) is 0 Å². The molecule has 0 fully saturated rings. The molecule has 2 N–H and O–H groups in total. The average molecular weight is 464 g/mol. The van der Waals surface area contributed by atoms with Crippen LogP contribution in [0.2, 0.25) is 0 Å². The quantitative estimate of drug-likeness (QED) is 0.380. The third kappa shape index (κ3) is 6.93. The summed E-state index contributed by atoms with van der Waals surface area (Å²) in [5, 5.41) is 6.63. The van der Waals surface area contributed by atoms with E-state index in [2.05, 4.69) is 30.6 Å². The standard InChI is InChI=1S/2C12H13N3.Zn/c2*1-9-11(5-3-7-13-9)15-12-6-4-8-14-10(12)2;/h2*3-8,15H,1-2H3;. The van der Waals surface area contributed by atoms with Gasteiger partial charge < -0.3 is 10.6 Å². The fourth-order valence-corrected chi connectivity index (χ4v) is 2.76. The number of hydrogen-bond donors (Lipinski definition) is 2. The van der Waals surface area contributed by atoms with Crippen molar-refractivity contribution in [3.63, 3.8) is 0 Å². The van der Waals surface area contributed by atoms with Crippen LogP contribution in [0.15, 0.2) is 73.3 Å². The Morgan fingerprint density at radius 1 is 0.452 bits per heavy atom. The zero-order valence-corrected chi connectivity index (χ0v) is 21.4. The molecule has 0 bridgehead atoms. The van der Waals surface area contributed by atoms with Gasteiger partial charge >= 0.3 is 0 Å². The van der Waals surface area contributed by atoms with Gasteiger partial charge in [0.15, 0.2) is 0 Å². The number of pyridine rings is 4. The molecule has 0 spiro atoms. The van der Waals surface area contributed by atoms with Crippen molar-refractivity contribution in [1.29, 1.82) is 0 Å². The molecular weight excluding hydrogens is 438 g/mol. The van der Waals surface area contributed by atoms with Crippen molar-refractivity contribution in [2.24, 2.45) is 0 Å². The van der Waals surface area contributed by atoms with Crippen LogP contribution in [-0.2, 0) is 19.5 Å². The van der Waals surface area contributed by atoms with E-state index >= 15 is 0 Å². The SMILES string of the molecule is Cc1ncccc1Nc1cccnc1C.Cc1ncccc1Nc1cccnc1C.[Zn]. The van der Waals surface area contributed by atoms with E-state index < -0.39 is 0 Å². The van der Waals surface area contributed by atoms with E-state index in [0.29, 0.717) is 0 Å². The molecule has 0 saturated heterocycles. The van der Waals surface area contributed by atoms with Crippen molar-refractivity contribution >= 4 is 22.7 Å². The Kier molecular flexibility index (Phi) is 9.22. The maximum atomic E-state index is 4.22. The van der Waals surface area contributed by atoms with Crippen molar-refractivity contribution in [2.75, 3.05) is 10.6 Å². The second-order valence-corrected chi connectivity index (χ2v) is 6.80. The van der Waals surface area contributed by atoms with E-state index in [4.69, 9.17) is 0 Å². The van der Waals surface area contributed by atoms with E-state index in [1.54, 1.807) is 24.8 Å². The van der Waals surface area contributed by atoms with Crippen LogP contribution in [0.1, 0.15) is 22.8 Å². The molecule has 6 nitrogen and oxygen atoms in total. The zero-order chi connectivity index (χ0) is 21.3. The van der Waals surface area contributed by atoms with Crippen LogP contribution in [0, 0.1) is 27.7 Å². The van der Waals surface area contributed by atoms with E-state index in [0.717, 1.165) is 45.5 Å². The van der Waals surface area contributed by atoms with Crippen LogP contribution in [0.3, 0.4) is 0 Å². The second-order valence-electron chi connectivity index (χ2n) is 6.80. The van der Waals surface area contributed by atoms with E-state index in [9.17, 15) is 0 Å². The summed E-state index contributed by atoms with van der Waals surface area (Å²) in [5.41, 5.74) is 8.03. The molecule has 31 heavy (non-hydrogen) atoms. The van der Waals surface area contributed by atoms with Gasteiger partial charge in [0.1, 0.15) is 0 Å². The first-order valence-corrected chi connectivity index (χ1v) is 9.75. The molecule has 0 amide bonds. The second kappa shape index (κ2) is 11.9. The predicted octanol–water partition coefficient (Wildman–Crippen LogP) is 5.67. The van der Waals surface area contributed by atoms with E-state index in [1.807, 2.05) is 76.2 Å². The van der Waals surface area contributed by atoms with Gasteiger partial charge in [0.25, 0.3) is 0 Å². The maximum absolute atomic E-state index is 4.22. The Labute approximate surface area is 196 Å². The molecule has 4 heterocycles. The van der Waals surface area contributed by atoms with Crippen molar-refractivity contribution in [2.45, 2.75) is 27.7 Å². The average Bonchev–Trinajstić information content (AvgIpc) is 2.75. The van der Waals surface area contributed by atoms with Crippen LogP contribution in [-0.4, -0.2) is 19.9 Å². The van der Waals surface area contributed by atoms with Gasteiger partial charge in [-0.05, 0) is 76.2 Å². The van der Waals surface area contributed by atoms with Gasteiger partial charge in [-0.2, -0.15) is 0 Å². The maximum Gasteiger partial charge on any atom is 0.0607 e. The number of anilines is 4. The number of nitrogens with one attached hydrogen (secondary N) is 2. The van der Waals surface area contributed by atoms with E-state index in [-0.39, 0.29) is 19.5 Å². The van der Waals surface area contributed by atoms with Crippen LogP contribution >= 0.6 is 0 Å². The van der Waals surface area contributed by atoms with Gasteiger partial charge in [0.2, 0.25) is 0 Å². The molecule has 154 valence electrons. The number of aromatic nitrogens is 4. The summed E-state index contributed by atoms with van der Waals surface area (Å²) in [4.78, 5) is 16.9. The zero-order valence-electron chi connectivity index (χ0n) is 18.4. The normalized spacial score (nSPS) is 9.68. The van der Waals surface area contributed by atoms with Crippen molar-refractivity contribution in [1.82, 2.24) is 19.9 Å². The first-order chi connectivity index (χ1) is 14.5. The molecule has 4 aromatic rings. The summed E-state index contributed by atoms with van der Waals surface area (Å²) in [7, 11) is 0. The van der Waals surface area contributed by atoms with Gasteiger partial charge in [-0.15, -0.1) is 0 Å². The summed E-state index contributed by atoms with van der Waals surface area (Å²) < 4.78 is 0.